The van der Waals surface area contributed by atoms with E-state index in [1.165, 1.54) is 0 Å². The summed E-state index contributed by atoms with van der Waals surface area (Å²) in [5.74, 6) is 0.831. The van der Waals surface area contributed by atoms with E-state index in [2.05, 4.69) is 12.1 Å². The number of benzene rings is 1. The highest BCUT2D eigenvalue weighted by Crippen LogP contribution is 2.23. The molecule has 106 valence electrons. The smallest absolute Gasteiger partial charge is 0.125 e. The summed E-state index contributed by atoms with van der Waals surface area (Å²) in [6.45, 7) is 8.99. The van der Waals surface area contributed by atoms with Crippen LogP contribution in [0.2, 0.25) is 0 Å². The Morgan fingerprint density at radius 3 is 2.68 bits per heavy atom. The van der Waals surface area contributed by atoms with Crippen LogP contribution in [0.1, 0.15) is 45.2 Å². The van der Waals surface area contributed by atoms with Gasteiger partial charge in [-0.15, -0.1) is 0 Å². The lowest BCUT2D eigenvalue weighted by Crippen LogP contribution is -2.12. The van der Waals surface area contributed by atoms with Crippen LogP contribution in [0.25, 0.3) is 0 Å². The van der Waals surface area contributed by atoms with Crippen molar-refractivity contribution in [2.24, 2.45) is 5.16 Å². The molecular formula is C15H23NO3. The third-order valence-electron chi connectivity index (χ3n) is 2.99. The maximum absolute atomic E-state index is 8.83. The van der Waals surface area contributed by atoms with E-state index in [9.17, 15) is 0 Å². The van der Waals surface area contributed by atoms with Gasteiger partial charge in [0, 0.05) is 12.2 Å². The zero-order valence-corrected chi connectivity index (χ0v) is 12.1. The fourth-order valence-electron chi connectivity index (χ4n) is 1.60. The van der Waals surface area contributed by atoms with Crippen LogP contribution in [0.5, 0.6) is 5.75 Å². The third kappa shape index (κ3) is 4.56. The maximum atomic E-state index is 8.83. The quantitative estimate of drug-likeness (QED) is 0.465. The summed E-state index contributed by atoms with van der Waals surface area (Å²) in [4.78, 5) is 0. The second-order valence-electron chi connectivity index (χ2n) is 4.48. The average molecular weight is 265 g/mol. The summed E-state index contributed by atoms with van der Waals surface area (Å²) >= 11 is 0. The van der Waals surface area contributed by atoms with Gasteiger partial charge in [0.25, 0.3) is 0 Å². The minimum Gasteiger partial charge on any atom is -0.490 e. The van der Waals surface area contributed by atoms with Crippen molar-refractivity contribution in [1.29, 1.82) is 0 Å². The van der Waals surface area contributed by atoms with Crippen LogP contribution in [0.3, 0.4) is 0 Å². The summed E-state index contributed by atoms with van der Waals surface area (Å²) < 4.78 is 11.3. The highest BCUT2D eigenvalue weighted by atomic mass is 16.5. The molecule has 0 saturated heterocycles. The minimum atomic E-state index is 0.166. The van der Waals surface area contributed by atoms with Crippen molar-refractivity contribution >= 4 is 5.71 Å². The first-order chi connectivity index (χ1) is 9.12. The monoisotopic (exact) mass is 265 g/mol. The lowest BCUT2D eigenvalue weighted by molar-refractivity contribution is 0.128. The first-order valence-electron chi connectivity index (χ1n) is 6.68. The normalized spacial score (nSPS) is 13.4. The van der Waals surface area contributed by atoms with Crippen molar-refractivity contribution in [3.63, 3.8) is 0 Å². The topological polar surface area (TPSA) is 51.0 Å². The van der Waals surface area contributed by atoms with Crippen molar-refractivity contribution in [2.75, 3.05) is 6.61 Å². The van der Waals surface area contributed by atoms with Crippen LogP contribution in [0.4, 0.5) is 0 Å². The van der Waals surface area contributed by atoms with Crippen molar-refractivity contribution in [2.45, 2.75) is 46.8 Å². The fourth-order valence-corrected chi connectivity index (χ4v) is 1.60. The van der Waals surface area contributed by atoms with Gasteiger partial charge < -0.3 is 14.7 Å². The van der Waals surface area contributed by atoms with Gasteiger partial charge in [-0.05, 0) is 51.0 Å². The van der Waals surface area contributed by atoms with Gasteiger partial charge in [0.1, 0.15) is 5.75 Å². The number of hydrogen-bond donors (Lipinski definition) is 1. The predicted octanol–water partition coefficient (Wildman–Crippen LogP) is 3.60. The molecule has 0 aliphatic heterocycles. The van der Waals surface area contributed by atoms with Crippen LogP contribution >= 0.6 is 0 Å². The molecule has 1 aromatic rings. The highest BCUT2D eigenvalue weighted by Gasteiger charge is 2.10. The van der Waals surface area contributed by atoms with E-state index in [0.717, 1.165) is 23.3 Å². The highest BCUT2D eigenvalue weighted by molar-refractivity contribution is 5.98. The molecule has 0 heterocycles. The zero-order valence-electron chi connectivity index (χ0n) is 12.1. The summed E-state index contributed by atoms with van der Waals surface area (Å²) in [5.41, 5.74) is 2.42. The third-order valence-corrected chi connectivity index (χ3v) is 2.99. The fraction of sp³-hybridized carbons (Fsp3) is 0.533. The van der Waals surface area contributed by atoms with E-state index < -0.39 is 0 Å². The summed E-state index contributed by atoms with van der Waals surface area (Å²) in [5, 5.41) is 12.1. The molecule has 4 nitrogen and oxygen atoms in total. The molecule has 0 bridgehead atoms. The molecule has 1 aromatic carbocycles. The van der Waals surface area contributed by atoms with Gasteiger partial charge in [-0.2, -0.15) is 0 Å². The molecule has 1 unspecified atom stereocenters. The number of rotatable bonds is 7. The molecule has 1 N–H and O–H groups in total. The molecule has 0 radical (unpaired) electrons. The second-order valence-corrected chi connectivity index (χ2v) is 4.48. The molecule has 0 aliphatic rings. The standard InChI is InChI=1S/C15H23NO3/c1-5-11(3)19-15-8-7-13(12(4)16-17)9-14(15)10-18-6-2/h7-9,11,17H,5-6,10H2,1-4H3/b16-12+. The molecule has 0 saturated carbocycles. The minimum absolute atomic E-state index is 0.166. The number of ether oxygens (including phenoxy) is 2. The van der Waals surface area contributed by atoms with E-state index >= 15 is 0 Å². The maximum Gasteiger partial charge on any atom is 0.125 e. The van der Waals surface area contributed by atoms with Crippen molar-refractivity contribution in [1.82, 2.24) is 0 Å². The number of oxime groups is 1. The van der Waals surface area contributed by atoms with Crippen molar-refractivity contribution in [3.8, 4) is 5.75 Å². The molecular weight excluding hydrogens is 242 g/mol. The van der Waals surface area contributed by atoms with E-state index in [1.807, 2.05) is 32.0 Å². The summed E-state index contributed by atoms with van der Waals surface area (Å²) in [6.07, 6.45) is 1.12. The Morgan fingerprint density at radius 1 is 1.37 bits per heavy atom. The molecule has 0 spiro atoms. The van der Waals surface area contributed by atoms with Gasteiger partial charge in [0.2, 0.25) is 0 Å². The Kier molecular flexibility index (Phi) is 6.36. The van der Waals surface area contributed by atoms with Crippen LogP contribution < -0.4 is 4.74 Å². The molecule has 0 amide bonds. The lowest BCUT2D eigenvalue weighted by atomic mass is 10.1. The molecule has 0 fully saturated rings. The first-order valence-corrected chi connectivity index (χ1v) is 6.68. The van der Waals surface area contributed by atoms with Crippen LogP contribution in [-0.2, 0) is 11.3 Å². The molecule has 4 heteroatoms. The lowest BCUT2D eigenvalue weighted by Gasteiger charge is -2.17. The summed E-state index contributed by atoms with van der Waals surface area (Å²) in [6, 6.07) is 5.75. The predicted molar refractivity (Wildman–Crippen MR) is 76.2 cm³/mol. The van der Waals surface area contributed by atoms with Crippen LogP contribution in [0.15, 0.2) is 23.4 Å². The van der Waals surface area contributed by atoms with Crippen molar-refractivity contribution < 1.29 is 14.7 Å². The zero-order chi connectivity index (χ0) is 14.3. The Labute approximate surface area is 115 Å². The Balaban J connectivity index is 3.01. The molecule has 19 heavy (non-hydrogen) atoms. The largest absolute Gasteiger partial charge is 0.490 e. The Morgan fingerprint density at radius 2 is 2.11 bits per heavy atom. The van der Waals surface area contributed by atoms with Crippen LogP contribution in [-0.4, -0.2) is 23.6 Å². The average Bonchev–Trinajstić information content (AvgIpc) is 2.45. The van der Waals surface area contributed by atoms with Gasteiger partial charge in [-0.25, -0.2) is 0 Å². The first kappa shape index (κ1) is 15.5. The number of nitrogens with zero attached hydrogens (tertiary/aromatic N) is 1. The molecule has 1 rings (SSSR count). The molecule has 0 aromatic heterocycles. The van der Waals surface area contributed by atoms with Gasteiger partial charge in [-0.1, -0.05) is 12.1 Å². The van der Waals surface area contributed by atoms with Gasteiger partial charge in [0.05, 0.1) is 18.4 Å². The van der Waals surface area contributed by atoms with E-state index in [4.69, 9.17) is 14.7 Å². The SMILES string of the molecule is CCOCc1cc(/C(C)=N/O)ccc1OC(C)CC. The van der Waals surface area contributed by atoms with Gasteiger partial charge >= 0.3 is 0 Å². The van der Waals surface area contributed by atoms with Gasteiger partial charge in [0.15, 0.2) is 0 Å². The van der Waals surface area contributed by atoms with Crippen molar-refractivity contribution in [3.05, 3.63) is 29.3 Å². The number of hydrogen-bond acceptors (Lipinski definition) is 4. The van der Waals surface area contributed by atoms with E-state index in [0.29, 0.717) is 18.9 Å². The summed E-state index contributed by atoms with van der Waals surface area (Å²) in [7, 11) is 0. The van der Waals surface area contributed by atoms with E-state index in [1.54, 1.807) is 6.92 Å². The molecule has 1 atom stereocenters. The second kappa shape index (κ2) is 7.79. The van der Waals surface area contributed by atoms with Gasteiger partial charge in [-0.3, -0.25) is 0 Å². The molecule has 0 aliphatic carbocycles. The van der Waals surface area contributed by atoms with E-state index in [-0.39, 0.29) is 6.10 Å². The van der Waals surface area contributed by atoms with Crippen LogP contribution in [0, 0.1) is 0 Å². The Bertz CT molecular complexity index is 429. The Hall–Kier alpha value is -1.55.